The minimum absolute atomic E-state index is 0.0719. The molecule has 1 aromatic carbocycles. The highest BCUT2D eigenvalue weighted by Gasteiger charge is 2.50. The van der Waals surface area contributed by atoms with E-state index in [1.807, 2.05) is 6.92 Å². The molecule has 2 aliphatic rings. The number of anilines is 1. The lowest BCUT2D eigenvalue weighted by Crippen LogP contribution is -2.48. The zero-order valence-corrected chi connectivity index (χ0v) is 15.0. The molecule has 7 nitrogen and oxygen atoms in total. The van der Waals surface area contributed by atoms with Crippen LogP contribution in [0.4, 0.5) is 10.5 Å². The van der Waals surface area contributed by atoms with Crippen LogP contribution in [-0.4, -0.2) is 41.4 Å². The van der Waals surface area contributed by atoms with Gasteiger partial charge in [0.15, 0.2) is 0 Å². The molecule has 3 rings (SSSR count). The molecule has 4 amide bonds. The van der Waals surface area contributed by atoms with E-state index in [4.69, 9.17) is 4.74 Å². The summed E-state index contributed by atoms with van der Waals surface area (Å²) in [6.45, 7) is 2.58. The lowest BCUT2D eigenvalue weighted by Gasteiger charge is -2.30. The Morgan fingerprint density at radius 1 is 1.19 bits per heavy atom. The van der Waals surface area contributed by atoms with E-state index in [0.29, 0.717) is 25.1 Å². The predicted molar refractivity (Wildman–Crippen MR) is 96.9 cm³/mol. The second-order valence-corrected chi connectivity index (χ2v) is 6.79. The molecular weight excluding hydrogens is 334 g/mol. The molecule has 7 heteroatoms. The molecule has 2 fully saturated rings. The van der Waals surface area contributed by atoms with Gasteiger partial charge in [0.2, 0.25) is 5.91 Å². The highest BCUT2D eigenvalue weighted by Crippen LogP contribution is 2.33. The average Bonchev–Trinajstić information content (AvgIpc) is 2.85. The Bertz CT molecular complexity index is 681. The van der Waals surface area contributed by atoms with Crippen molar-refractivity contribution in [3.05, 3.63) is 24.3 Å². The lowest BCUT2D eigenvalue weighted by atomic mass is 9.82. The number of hydrogen-bond acceptors (Lipinski definition) is 4. The summed E-state index contributed by atoms with van der Waals surface area (Å²) in [5.41, 5.74) is -0.0830. The number of amides is 4. The molecule has 1 aliphatic carbocycles. The van der Waals surface area contributed by atoms with Crippen LogP contribution in [0.5, 0.6) is 5.75 Å². The molecule has 1 spiro atoms. The van der Waals surface area contributed by atoms with Crippen molar-refractivity contribution in [3.63, 3.8) is 0 Å². The van der Waals surface area contributed by atoms with Gasteiger partial charge in [-0.05, 0) is 44.0 Å². The van der Waals surface area contributed by atoms with E-state index in [0.717, 1.165) is 25.0 Å². The predicted octanol–water partition coefficient (Wildman–Crippen LogP) is 2.67. The van der Waals surface area contributed by atoms with Gasteiger partial charge >= 0.3 is 6.03 Å². The first-order valence-electron chi connectivity index (χ1n) is 9.21. The Balaban J connectivity index is 1.52. The van der Waals surface area contributed by atoms with Crippen molar-refractivity contribution in [1.29, 1.82) is 0 Å². The second kappa shape index (κ2) is 7.76. The molecule has 1 saturated carbocycles. The number of carbonyl (C=O) groups is 3. The van der Waals surface area contributed by atoms with E-state index in [-0.39, 0.29) is 30.8 Å². The molecule has 1 aromatic rings. The molecule has 140 valence electrons. The molecule has 0 unspecified atom stereocenters. The fourth-order valence-corrected chi connectivity index (χ4v) is 3.61. The van der Waals surface area contributed by atoms with E-state index in [1.165, 1.54) is 4.90 Å². The number of ether oxygens (including phenoxy) is 1. The van der Waals surface area contributed by atoms with Crippen LogP contribution in [-0.2, 0) is 9.59 Å². The van der Waals surface area contributed by atoms with Gasteiger partial charge in [-0.25, -0.2) is 4.79 Å². The standard InChI is InChI=1S/C19H25N3O4/c1-2-26-15-8-6-14(7-9-15)20-16(23)10-13-22-17(24)19(21-18(22)25)11-4-3-5-12-19/h6-9H,2-5,10-13H2,1H3,(H,20,23)(H,21,25). The smallest absolute Gasteiger partial charge is 0.325 e. The first-order valence-corrected chi connectivity index (χ1v) is 9.21. The van der Waals surface area contributed by atoms with Gasteiger partial charge in [0.25, 0.3) is 5.91 Å². The Morgan fingerprint density at radius 2 is 1.88 bits per heavy atom. The zero-order valence-electron chi connectivity index (χ0n) is 15.0. The van der Waals surface area contributed by atoms with Crippen LogP contribution in [0.2, 0.25) is 0 Å². The number of carbonyl (C=O) groups excluding carboxylic acids is 3. The number of rotatable bonds is 6. The average molecular weight is 359 g/mol. The quantitative estimate of drug-likeness (QED) is 0.765. The van der Waals surface area contributed by atoms with Crippen molar-refractivity contribution in [2.45, 2.75) is 51.0 Å². The Kier molecular flexibility index (Phi) is 5.44. The van der Waals surface area contributed by atoms with Crippen LogP contribution in [0.25, 0.3) is 0 Å². The van der Waals surface area contributed by atoms with Gasteiger partial charge in [0.1, 0.15) is 11.3 Å². The molecule has 26 heavy (non-hydrogen) atoms. The number of hydrogen-bond donors (Lipinski definition) is 2. The summed E-state index contributed by atoms with van der Waals surface area (Å²) in [7, 11) is 0. The van der Waals surface area contributed by atoms with Gasteiger partial charge in [0, 0.05) is 18.7 Å². The lowest BCUT2D eigenvalue weighted by molar-refractivity contribution is -0.132. The first-order chi connectivity index (χ1) is 12.5. The Morgan fingerprint density at radius 3 is 2.54 bits per heavy atom. The van der Waals surface area contributed by atoms with Crippen LogP contribution in [0.1, 0.15) is 45.4 Å². The number of imide groups is 1. The molecule has 0 aromatic heterocycles. The van der Waals surface area contributed by atoms with Crippen LogP contribution in [0.3, 0.4) is 0 Å². The first kappa shape index (κ1) is 18.2. The van der Waals surface area contributed by atoms with Gasteiger partial charge in [-0.2, -0.15) is 0 Å². The van der Waals surface area contributed by atoms with E-state index >= 15 is 0 Å². The Labute approximate surface area is 153 Å². The normalized spacial score (nSPS) is 18.7. The molecule has 1 aliphatic heterocycles. The van der Waals surface area contributed by atoms with Gasteiger partial charge in [0.05, 0.1) is 6.61 Å². The van der Waals surface area contributed by atoms with Gasteiger partial charge < -0.3 is 15.4 Å². The number of benzene rings is 1. The van der Waals surface area contributed by atoms with E-state index < -0.39 is 5.54 Å². The van der Waals surface area contributed by atoms with E-state index in [1.54, 1.807) is 24.3 Å². The SMILES string of the molecule is CCOc1ccc(NC(=O)CCN2C(=O)NC3(CCCCC3)C2=O)cc1. The van der Waals surface area contributed by atoms with Crippen molar-refractivity contribution < 1.29 is 19.1 Å². The molecule has 0 atom stereocenters. The topological polar surface area (TPSA) is 87.7 Å². The highest BCUT2D eigenvalue weighted by molar-refractivity contribution is 6.07. The van der Waals surface area contributed by atoms with E-state index in [9.17, 15) is 14.4 Å². The summed E-state index contributed by atoms with van der Waals surface area (Å²) in [6, 6.07) is 6.69. The number of urea groups is 1. The summed E-state index contributed by atoms with van der Waals surface area (Å²) < 4.78 is 5.36. The fraction of sp³-hybridized carbons (Fsp3) is 0.526. The van der Waals surface area contributed by atoms with Crippen LogP contribution >= 0.6 is 0 Å². The summed E-state index contributed by atoms with van der Waals surface area (Å²) >= 11 is 0. The second-order valence-electron chi connectivity index (χ2n) is 6.79. The van der Waals surface area contributed by atoms with Crippen molar-refractivity contribution in [3.8, 4) is 5.75 Å². The maximum absolute atomic E-state index is 12.7. The third kappa shape index (κ3) is 3.81. The maximum atomic E-state index is 12.7. The van der Waals surface area contributed by atoms with Crippen LogP contribution < -0.4 is 15.4 Å². The van der Waals surface area contributed by atoms with Crippen LogP contribution in [0, 0.1) is 0 Å². The zero-order chi connectivity index (χ0) is 18.6. The summed E-state index contributed by atoms with van der Waals surface area (Å²) in [5.74, 6) is 0.318. The number of nitrogens with zero attached hydrogens (tertiary/aromatic N) is 1. The van der Waals surface area contributed by atoms with E-state index in [2.05, 4.69) is 10.6 Å². The van der Waals surface area contributed by atoms with Gasteiger partial charge in [-0.3, -0.25) is 14.5 Å². The van der Waals surface area contributed by atoms with Crippen molar-refractivity contribution in [1.82, 2.24) is 10.2 Å². The number of nitrogens with one attached hydrogen (secondary N) is 2. The third-order valence-electron chi connectivity index (χ3n) is 4.96. The molecule has 0 radical (unpaired) electrons. The van der Waals surface area contributed by atoms with Crippen molar-refractivity contribution in [2.24, 2.45) is 0 Å². The highest BCUT2D eigenvalue weighted by atomic mass is 16.5. The van der Waals surface area contributed by atoms with Gasteiger partial charge in [-0.1, -0.05) is 19.3 Å². The summed E-state index contributed by atoms with van der Waals surface area (Å²) in [5, 5.41) is 5.62. The molecule has 2 N–H and O–H groups in total. The van der Waals surface area contributed by atoms with Crippen molar-refractivity contribution in [2.75, 3.05) is 18.5 Å². The molecular formula is C19H25N3O4. The van der Waals surface area contributed by atoms with Crippen LogP contribution in [0.15, 0.2) is 24.3 Å². The maximum Gasteiger partial charge on any atom is 0.325 e. The molecule has 1 heterocycles. The minimum atomic E-state index is -0.735. The minimum Gasteiger partial charge on any atom is -0.494 e. The third-order valence-corrected chi connectivity index (χ3v) is 4.96. The molecule has 0 bridgehead atoms. The monoisotopic (exact) mass is 359 g/mol. The largest absolute Gasteiger partial charge is 0.494 e. The molecule has 1 saturated heterocycles. The van der Waals surface area contributed by atoms with Crippen molar-refractivity contribution >= 4 is 23.5 Å². The Hall–Kier alpha value is -2.57. The fourth-order valence-electron chi connectivity index (χ4n) is 3.61. The summed E-state index contributed by atoms with van der Waals surface area (Å²) in [6.07, 6.45) is 4.42. The van der Waals surface area contributed by atoms with Gasteiger partial charge in [-0.15, -0.1) is 0 Å². The summed E-state index contributed by atoms with van der Waals surface area (Å²) in [4.78, 5) is 38.2.